The first-order valence-electron chi connectivity index (χ1n) is 5.05. The Morgan fingerprint density at radius 2 is 1.95 bits per heavy atom. The smallest absolute Gasteiger partial charge is 0.405 e. The minimum atomic E-state index is -5.00. The van der Waals surface area contributed by atoms with Gasteiger partial charge in [-0.05, 0) is 30.0 Å². The molecule has 0 bridgehead atoms. The molecular weight excluding hydrogens is 302 g/mol. The van der Waals surface area contributed by atoms with Gasteiger partial charge in [0.1, 0.15) is 11.6 Å². The minimum Gasteiger partial charge on any atom is -0.405 e. The molecule has 1 aliphatic heterocycles. The summed E-state index contributed by atoms with van der Waals surface area (Å²) in [6, 6.07) is 2.85. The summed E-state index contributed by atoms with van der Waals surface area (Å²) in [6.45, 7) is 0. The molecule has 1 aromatic rings. The van der Waals surface area contributed by atoms with E-state index in [2.05, 4.69) is 4.74 Å². The predicted molar refractivity (Wildman–Crippen MR) is 62.2 cm³/mol. The van der Waals surface area contributed by atoms with E-state index in [1.165, 1.54) is 0 Å². The summed E-state index contributed by atoms with van der Waals surface area (Å²) in [4.78, 5) is 22.0. The van der Waals surface area contributed by atoms with Crippen LogP contribution < -0.4 is 10.1 Å². The fraction of sp³-hybridized carbons (Fsp3) is 0.0909. The molecule has 1 N–H and O–H groups in total. The molecule has 0 spiro atoms. The molecule has 20 heavy (non-hydrogen) atoms. The first-order valence-corrected chi connectivity index (χ1v) is 5.87. The first-order chi connectivity index (χ1) is 9.26. The van der Waals surface area contributed by atoms with E-state index in [9.17, 15) is 27.2 Å². The largest absolute Gasteiger partial charge is 0.573 e. The van der Waals surface area contributed by atoms with Crippen LogP contribution in [0.2, 0.25) is 0 Å². The van der Waals surface area contributed by atoms with Crippen molar-refractivity contribution < 1.29 is 31.9 Å². The summed E-state index contributed by atoms with van der Waals surface area (Å²) in [5.41, 5.74) is -0.558. The summed E-state index contributed by atoms with van der Waals surface area (Å²) in [7, 11) is 0. The highest BCUT2D eigenvalue weighted by atomic mass is 32.2. The summed E-state index contributed by atoms with van der Waals surface area (Å²) < 4.78 is 53.9. The number of halogens is 4. The third kappa shape index (κ3) is 3.29. The van der Waals surface area contributed by atoms with Gasteiger partial charge in [0, 0.05) is 0 Å². The van der Waals surface area contributed by atoms with Gasteiger partial charge in [0.2, 0.25) is 0 Å². The molecule has 0 radical (unpaired) electrons. The van der Waals surface area contributed by atoms with E-state index >= 15 is 0 Å². The number of benzene rings is 1. The lowest BCUT2D eigenvalue weighted by molar-refractivity contribution is -0.274. The van der Waals surface area contributed by atoms with Crippen LogP contribution in [-0.2, 0) is 4.79 Å². The second-order valence-electron chi connectivity index (χ2n) is 3.55. The van der Waals surface area contributed by atoms with Crippen molar-refractivity contribution in [1.82, 2.24) is 5.32 Å². The Balaban J connectivity index is 2.43. The van der Waals surface area contributed by atoms with E-state index in [-0.39, 0.29) is 4.91 Å². The second-order valence-corrected chi connectivity index (χ2v) is 4.57. The molecule has 1 fully saturated rings. The van der Waals surface area contributed by atoms with Crippen LogP contribution in [0.25, 0.3) is 6.08 Å². The molecule has 2 amide bonds. The number of imide groups is 1. The summed E-state index contributed by atoms with van der Waals surface area (Å²) in [5.74, 6) is -2.61. The van der Waals surface area contributed by atoms with Crippen molar-refractivity contribution in [3.8, 4) is 5.75 Å². The number of carbonyl (C=O) groups is 2. The Morgan fingerprint density at radius 1 is 1.25 bits per heavy atom. The molecule has 0 unspecified atom stereocenters. The highest BCUT2D eigenvalue weighted by molar-refractivity contribution is 8.18. The van der Waals surface area contributed by atoms with Gasteiger partial charge in [0.05, 0.1) is 10.5 Å². The molecule has 1 aromatic carbocycles. The third-order valence-corrected chi connectivity index (χ3v) is 2.97. The van der Waals surface area contributed by atoms with Gasteiger partial charge in [-0.25, -0.2) is 4.39 Å². The standard InChI is InChI=1S/C11H5F4NO3S/c12-6-2-1-3-7(19-11(13,14)15)5(6)4-8-9(17)16-10(18)20-8/h1-4H,(H,16,17,18)/b8-4+. The monoisotopic (exact) mass is 307 g/mol. The summed E-state index contributed by atoms with van der Waals surface area (Å²) in [6.07, 6.45) is -4.16. The highest BCUT2D eigenvalue weighted by Crippen LogP contribution is 2.33. The quantitative estimate of drug-likeness (QED) is 0.674. The zero-order valence-electron chi connectivity index (χ0n) is 9.45. The van der Waals surface area contributed by atoms with E-state index < -0.39 is 34.6 Å². The van der Waals surface area contributed by atoms with Gasteiger partial charge in [0.15, 0.2) is 0 Å². The predicted octanol–water partition coefficient (Wildman–Crippen LogP) is 3.05. The number of nitrogens with one attached hydrogen (secondary N) is 1. The average Bonchev–Trinajstić information content (AvgIpc) is 2.60. The number of amides is 2. The lowest BCUT2D eigenvalue weighted by Gasteiger charge is -2.11. The van der Waals surface area contributed by atoms with Crippen LogP contribution in [0.3, 0.4) is 0 Å². The fourth-order valence-electron chi connectivity index (χ4n) is 1.42. The van der Waals surface area contributed by atoms with Crippen LogP contribution in [-0.4, -0.2) is 17.5 Å². The van der Waals surface area contributed by atoms with Crippen molar-refractivity contribution in [3.05, 3.63) is 34.5 Å². The van der Waals surface area contributed by atoms with Crippen LogP contribution in [0.5, 0.6) is 5.75 Å². The number of rotatable bonds is 2. The Kier molecular flexibility index (Phi) is 3.71. The SMILES string of the molecule is O=C1NC(=O)/C(=C\c2c(F)cccc2OC(F)(F)F)S1. The Labute approximate surface area is 113 Å². The van der Waals surface area contributed by atoms with Crippen molar-refractivity contribution >= 4 is 29.0 Å². The second kappa shape index (κ2) is 5.16. The van der Waals surface area contributed by atoms with E-state index in [0.29, 0.717) is 11.8 Å². The van der Waals surface area contributed by atoms with E-state index in [1.54, 1.807) is 0 Å². The van der Waals surface area contributed by atoms with E-state index in [0.717, 1.165) is 24.3 Å². The van der Waals surface area contributed by atoms with Crippen LogP contribution >= 0.6 is 11.8 Å². The molecule has 4 nitrogen and oxygen atoms in total. The van der Waals surface area contributed by atoms with Crippen molar-refractivity contribution in [2.45, 2.75) is 6.36 Å². The van der Waals surface area contributed by atoms with Crippen molar-refractivity contribution in [1.29, 1.82) is 0 Å². The normalized spacial score (nSPS) is 17.5. The lowest BCUT2D eigenvalue weighted by Crippen LogP contribution is -2.18. The van der Waals surface area contributed by atoms with Gasteiger partial charge < -0.3 is 4.74 Å². The van der Waals surface area contributed by atoms with Crippen LogP contribution in [0.4, 0.5) is 22.4 Å². The van der Waals surface area contributed by atoms with Crippen LogP contribution in [0, 0.1) is 5.82 Å². The molecule has 1 heterocycles. The highest BCUT2D eigenvalue weighted by Gasteiger charge is 2.33. The Hall–Kier alpha value is -2.03. The van der Waals surface area contributed by atoms with Crippen LogP contribution in [0.1, 0.15) is 5.56 Å². The fourth-order valence-corrected chi connectivity index (χ4v) is 2.09. The van der Waals surface area contributed by atoms with E-state index in [4.69, 9.17) is 0 Å². The Bertz CT molecular complexity index is 612. The number of hydrogen-bond donors (Lipinski definition) is 1. The average molecular weight is 307 g/mol. The molecule has 0 atom stereocenters. The zero-order chi connectivity index (χ0) is 14.9. The summed E-state index contributed by atoms with van der Waals surface area (Å²) >= 11 is 0.462. The van der Waals surface area contributed by atoms with Crippen LogP contribution in [0.15, 0.2) is 23.1 Å². The number of hydrogen-bond acceptors (Lipinski definition) is 4. The third-order valence-electron chi connectivity index (χ3n) is 2.16. The van der Waals surface area contributed by atoms with Crippen molar-refractivity contribution in [2.75, 3.05) is 0 Å². The lowest BCUT2D eigenvalue weighted by atomic mass is 10.1. The number of ether oxygens (including phenoxy) is 1. The maximum absolute atomic E-state index is 13.6. The van der Waals surface area contributed by atoms with Crippen molar-refractivity contribution in [3.63, 3.8) is 0 Å². The minimum absolute atomic E-state index is 0.216. The molecule has 0 aliphatic carbocycles. The van der Waals surface area contributed by atoms with Gasteiger partial charge in [-0.2, -0.15) is 0 Å². The van der Waals surface area contributed by atoms with Gasteiger partial charge in [-0.3, -0.25) is 14.9 Å². The molecular formula is C11H5F4NO3S. The van der Waals surface area contributed by atoms with Gasteiger partial charge in [-0.15, -0.1) is 13.2 Å². The topological polar surface area (TPSA) is 55.4 Å². The number of alkyl halides is 3. The van der Waals surface area contributed by atoms with Gasteiger partial charge in [-0.1, -0.05) is 6.07 Å². The number of thioether (sulfide) groups is 1. The Morgan fingerprint density at radius 3 is 2.50 bits per heavy atom. The van der Waals surface area contributed by atoms with Gasteiger partial charge in [0.25, 0.3) is 11.1 Å². The molecule has 1 aliphatic rings. The molecule has 0 aromatic heterocycles. The summed E-state index contributed by atoms with van der Waals surface area (Å²) in [5, 5.41) is 1.22. The molecule has 9 heteroatoms. The molecule has 2 rings (SSSR count). The molecule has 106 valence electrons. The first kappa shape index (κ1) is 14.4. The maximum Gasteiger partial charge on any atom is 0.573 e. The number of carbonyl (C=O) groups excluding carboxylic acids is 2. The van der Waals surface area contributed by atoms with Crippen molar-refractivity contribution in [2.24, 2.45) is 0 Å². The van der Waals surface area contributed by atoms with Gasteiger partial charge >= 0.3 is 6.36 Å². The molecule has 0 saturated carbocycles. The zero-order valence-corrected chi connectivity index (χ0v) is 10.3. The molecule has 1 saturated heterocycles. The maximum atomic E-state index is 13.6. The van der Waals surface area contributed by atoms with E-state index in [1.807, 2.05) is 5.32 Å².